The van der Waals surface area contributed by atoms with Gasteiger partial charge in [0.2, 0.25) is 0 Å². The number of benzene rings is 1. The summed E-state index contributed by atoms with van der Waals surface area (Å²) in [5.74, 6) is -3.21. The van der Waals surface area contributed by atoms with Gasteiger partial charge in [0.25, 0.3) is 0 Å². The molecule has 0 saturated heterocycles. The average Bonchev–Trinajstić information content (AvgIpc) is 2.16. The van der Waals surface area contributed by atoms with Gasteiger partial charge in [-0.05, 0) is 17.7 Å². The second kappa shape index (κ2) is 8.72. The fourth-order valence-electron chi connectivity index (χ4n) is 1.46. The molecule has 2 N–H and O–H groups in total. The Bertz CT molecular complexity index is 379. The number of halogens is 3. The largest absolute Gasteiger partial charge is 0.481 e. The van der Waals surface area contributed by atoms with Crippen LogP contribution in [0.2, 0.25) is 0 Å². The van der Waals surface area contributed by atoms with E-state index in [2.05, 4.69) is 0 Å². The zero-order chi connectivity index (χ0) is 12.1. The van der Waals surface area contributed by atoms with E-state index in [1.54, 1.807) is 0 Å². The van der Waals surface area contributed by atoms with Crippen LogP contribution in [0.4, 0.5) is 4.39 Å². The molecule has 0 fully saturated rings. The van der Waals surface area contributed by atoms with Crippen LogP contribution in [-0.4, -0.2) is 22.2 Å². The molecule has 0 saturated carbocycles. The lowest BCUT2D eigenvalue weighted by molar-refractivity contribution is -0.139. The number of hydrogen-bond donors (Lipinski definition) is 2. The van der Waals surface area contributed by atoms with Crippen molar-refractivity contribution in [1.29, 1.82) is 0 Å². The van der Waals surface area contributed by atoms with Crippen molar-refractivity contribution in [3.63, 3.8) is 0 Å². The molecule has 0 aliphatic carbocycles. The Morgan fingerprint density at radius 1 is 1.00 bits per heavy atom. The molecule has 0 radical (unpaired) electrons. The van der Waals surface area contributed by atoms with Gasteiger partial charge in [-0.15, -0.1) is 24.8 Å². The number of hydrogen-bond acceptors (Lipinski definition) is 2. The Morgan fingerprint density at radius 3 is 1.72 bits per heavy atom. The van der Waals surface area contributed by atoms with Gasteiger partial charge in [-0.2, -0.15) is 0 Å². The molecule has 18 heavy (non-hydrogen) atoms. The summed E-state index contributed by atoms with van der Waals surface area (Å²) in [4.78, 5) is 21.1. The SMILES string of the molecule is Cl.Cl.O=C(O)CC(CC(=O)O)c1ccc(F)cc1. The fraction of sp³-hybridized carbons (Fsp3) is 0.273. The smallest absolute Gasteiger partial charge is 0.303 e. The minimum absolute atomic E-state index is 0. The van der Waals surface area contributed by atoms with Crippen molar-refractivity contribution in [1.82, 2.24) is 0 Å². The highest BCUT2D eigenvalue weighted by atomic mass is 35.5. The lowest BCUT2D eigenvalue weighted by atomic mass is 9.92. The first kappa shape index (κ1) is 19.0. The second-order valence-corrected chi connectivity index (χ2v) is 3.44. The molecule has 7 heteroatoms. The third kappa shape index (κ3) is 6.42. The van der Waals surface area contributed by atoms with Crippen molar-refractivity contribution in [3.8, 4) is 0 Å². The molecule has 1 aromatic carbocycles. The van der Waals surface area contributed by atoms with Gasteiger partial charge in [-0.3, -0.25) is 9.59 Å². The summed E-state index contributed by atoms with van der Waals surface area (Å²) in [5.41, 5.74) is 0.520. The highest BCUT2D eigenvalue weighted by Crippen LogP contribution is 2.23. The molecule has 0 spiro atoms. The minimum Gasteiger partial charge on any atom is -0.481 e. The maximum Gasteiger partial charge on any atom is 0.303 e. The number of carbonyl (C=O) groups is 2. The maximum atomic E-state index is 12.6. The number of carboxylic acid groups (broad SMARTS) is 2. The van der Waals surface area contributed by atoms with Crippen molar-refractivity contribution in [2.24, 2.45) is 0 Å². The fourth-order valence-corrected chi connectivity index (χ4v) is 1.46. The number of carboxylic acids is 2. The molecule has 0 aliphatic rings. The van der Waals surface area contributed by atoms with Gasteiger partial charge in [-0.25, -0.2) is 4.39 Å². The standard InChI is InChI=1S/C11H11FO4.2ClH/c12-9-3-1-7(2-4-9)8(5-10(13)14)6-11(15)16;;/h1-4,8H,5-6H2,(H,13,14)(H,15,16);2*1H. The molecule has 4 nitrogen and oxygen atoms in total. The number of rotatable bonds is 5. The Kier molecular flexibility index (Phi) is 9.21. The Labute approximate surface area is 116 Å². The molecular weight excluding hydrogens is 286 g/mol. The number of aliphatic carboxylic acids is 2. The predicted molar refractivity (Wildman–Crippen MR) is 68.1 cm³/mol. The summed E-state index contributed by atoms with van der Waals surface area (Å²) < 4.78 is 12.6. The van der Waals surface area contributed by atoms with Crippen molar-refractivity contribution in [3.05, 3.63) is 35.6 Å². The van der Waals surface area contributed by atoms with E-state index >= 15 is 0 Å². The molecular formula is C11H13Cl2FO4. The maximum absolute atomic E-state index is 12.6. The normalized spacial score (nSPS) is 9.22. The van der Waals surface area contributed by atoms with E-state index in [0.717, 1.165) is 0 Å². The zero-order valence-electron chi connectivity index (χ0n) is 9.21. The van der Waals surface area contributed by atoms with Crippen molar-refractivity contribution in [2.45, 2.75) is 18.8 Å². The Balaban J connectivity index is 0. The van der Waals surface area contributed by atoms with Crippen LogP contribution in [0.25, 0.3) is 0 Å². The molecule has 0 bridgehead atoms. The summed E-state index contributed by atoms with van der Waals surface area (Å²) in [6, 6.07) is 5.19. The van der Waals surface area contributed by atoms with Crippen molar-refractivity contribution in [2.75, 3.05) is 0 Å². The molecule has 102 valence electrons. The first-order valence-electron chi connectivity index (χ1n) is 4.68. The van der Waals surface area contributed by atoms with Gasteiger partial charge in [0.1, 0.15) is 5.82 Å². The van der Waals surface area contributed by atoms with E-state index < -0.39 is 23.7 Å². The van der Waals surface area contributed by atoms with Gasteiger partial charge < -0.3 is 10.2 Å². The van der Waals surface area contributed by atoms with E-state index in [-0.39, 0.29) is 37.7 Å². The second-order valence-electron chi connectivity index (χ2n) is 3.44. The van der Waals surface area contributed by atoms with E-state index in [9.17, 15) is 14.0 Å². The summed E-state index contributed by atoms with van der Waals surface area (Å²) in [6.45, 7) is 0. The van der Waals surface area contributed by atoms with Gasteiger partial charge in [-0.1, -0.05) is 12.1 Å². The zero-order valence-corrected chi connectivity index (χ0v) is 10.8. The molecule has 1 rings (SSSR count). The molecule has 1 aromatic rings. The molecule has 0 aliphatic heterocycles. The van der Waals surface area contributed by atoms with Crippen LogP contribution < -0.4 is 0 Å². The van der Waals surface area contributed by atoms with Crippen LogP contribution in [0, 0.1) is 5.82 Å². The first-order valence-corrected chi connectivity index (χ1v) is 4.68. The Morgan fingerprint density at radius 2 is 1.39 bits per heavy atom. The first-order chi connectivity index (χ1) is 7.49. The summed E-state index contributed by atoms with van der Waals surface area (Å²) in [6.07, 6.45) is -0.560. The van der Waals surface area contributed by atoms with Crippen LogP contribution in [0.15, 0.2) is 24.3 Å². The third-order valence-electron chi connectivity index (χ3n) is 2.18. The monoisotopic (exact) mass is 298 g/mol. The highest BCUT2D eigenvalue weighted by molar-refractivity contribution is 5.85. The van der Waals surface area contributed by atoms with E-state index in [1.807, 2.05) is 0 Å². The van der Waals surface area contributed by atoms with Gasteiger partial charge in [0.05, 0.1) is 12.8 Å². The molecule has 0 atom stereocenters. The highest BCUT2D eigenvalue weighted by Gasteiger charge is 2.18. The van der Waals surface area contributed by atoms with Crippen molar-refractivity contribution < 1.29 is 24.2 Å². The quantitative estimate of drug-likeness (QED) is 0.876. The third-order valence-corrected chi connectivity index (χ3v) is 2.18. The summed E-state index contributed by atoms with van der Waals surface area (Å²) in [5, 5.41) is 17.3. The lowest BCUT2D eigenvalue weighted by Gasteiger charge is -2.12. The van der Waals surface area contributed by atoms with Crippen LogP contribution in [0.5, 0.6) is 0 Å². The molecule has 0 unspecified atom stereocenters. The van der Waals surface area contributed by atoms with Crippen LogP contribution >= 0.6 is 24.8 Å². The van der Waals surface area contributed by atoms with Crippen LogP contribution in [0.3, 0.4) is 0 Å². The molecule has 0 aromatic heterocycles. The van der Waals surface area contributed by atoms with E-state index in [4.69, 9.17) is 10.2 Å². The van der Waals surface area contributed by atoms with Gasteiger partial charge in [0.15, 0.2) is 0 Å². The summed E-state index contributed by atoms with van der Waals surface area (Å²) in [7, 11) is 0. The van der Waals surface area contributed by atoms with Gasteiger partial charge >= 0.3 is 11.9 Å². The predicted octanol–water partition coefficient (Wildman–Crippen LogP) is 2.70. The van der Waals surface area contributed by atoms with E-state index in [0.29, 0.717) is 5.56 Å². The van der Waals surface area contributed by atoms with Crippen LogP contribution in [-0.2, 0) is 9.59 Å². The van der Waals surface area contributed by atoms with Crippen molar-refractivity contribution >= 4 is 36.8 Å². The lowest BCUT2D eigenvalue weighted by Crippen LogP contribution is -2.11. The topological polar surface area (TPSA) is 74.6 Å². The van der Waals surface area contributed by atoms with E-state index in [1.165, 1.54) is 24.3 Å². The molecule has 0 amide bonds. The minimum atomic E-state index is -1.07. The van der Waals surface area contributed by atoms with Gasteiger partial charge in [0, 0.05) is 5.92 Å². The average molecular weight is 299 g/mol. The molecule has 0 heterocycles. The summed E-state index contributed by atoms with van der Waals surface area (Å²) >= 11 is 0. The van der Waals surface area contributed by atoms with Crippen LogP contribution in [0.1, 0.15) is 24.3 Å². The Hall–Kier alpha value is -1.33.